The lowest BCUT2D eigenvalue weighted by atomic mass is 9.93. The van der Waals surface area contributed by atoms with Gasteiger partial charge in [-0.05, 0) is 24.0 Å². The van der Waals surface area contributed by atoms with E-state index in [1.807, 2.05) is 38.1 Å². The fourth-order valence-corrected chi connectivity index (χ4v) is 1.57. The summed E-state index contributed by atoms with van der Waals surface area (Å²) < 4.78 is 5.76. The molecule has 0 saturated heterocycles. The molecule has 0 aromatic heterocycles. The zero-order chi connectivity index (χ0) is 13.8. The van der Waals surface area contributed by atoms with Crippen LogP contribution in [0.2, 0.25) is 0 Å². The molecular formula is C16H24O2. The summed E-state index contributed by atoms with van der Waals surface area (Å²) in [5.41, 5.74) is 0.943. The number of Topliss-reactive ketones (excluding diaryl/α,β-unsaturated/α-hetero) is 1. The number of rotatable bonds is 5. The van der Waals surface area contributed by atoms with E-state index in [4.69, 9.17) is 4.74 Å². The molecule has 0 radical (unpaired) electrons. The van der Waals surface area contributed by atoms with Gasteiger partial charge in [0.05, 0.1) is 12.2 Å². The standard InChI is InChI=1S/C16H24O2/c1-12(2)15(17)13-8-6-7-9-14(13)18-11-10-16(3,4)5/h6-9,12H,10-11H2,1-5H3. The molecule has 0 spiro atoms. The highest BCUT2D eigenvalue weighted by molar-refractivity contribution is 5.99. The normalized spacial score (nSPS) is 11.7. The summed E-state index contributed by atoms with van der Waals surface area (Å²) in [5.74, 6) is 0.846. The van der Waals surface area contributed by atoms with Gasteiger partial charge in [0.25, 0.3) is 0 Å². The van der Waals surface area contributed by atoms with Crippen LogP contribution >= 0.6 is 0 Å². The summed E-state index contributed by atoms with van der Waals surface area (Å²) in [6, 6.07) is 7.50. The highest BCUT2D eigenvalue weighted by Crippen LogP contribution is 2.23. The number of benzene rings is 1. The van der Waals surface area contributed by atoms with Crippen molar-refractivity contribution < 1.29 is 9.53 Å². The van der Waals surface area contributed by atoms with E-state index in [2.05, 4.69) is 20.8 Å². The average molecular weight is 248 g/mol. The molecular weight excluding hydrogens is 224 g/mol. The molecule has 0 amide bonds. The maximum Gasteiger partial charge on any atom is 0.169 e. The molecule has 1 aromatic rings. The Morgan fingerprint density at radius 1 is 1.22 bits per heavy atom. The number of ketones is 1. The number of ether oxygens (including phenoxy) is 1. The first-order valence-electron chi connectivity index (χ1n) is 6.57. The van der Waals surface area contributed by atoms with Crippen molar-refractivity contribution in [3.05, 3.63) is 29.8 Å². The van der Waals surface area contributed by atoms with Gasteiger partial charge in [-0.15, -0.1) is 0 Å². The zero-order valence-electron chi connectivity index (χ0n) is 12.1. The Labute approximate surface area is 110 Å². The van der Waals surface area contributed by atoms with Gasteiger partial charge < -0.3 is 4.74 Å². The Kier molecular flexibility index (Phi) is 4.94. The zero-order valence-corrected chi connectivity index (χ0v) is 12.1. The van der Waals surface area contributed by atoms with E-state index in [0.717, 1.165) is 6.42 Å². The van der Waals surface area contributed by atoms with Gasteiger partial charge in [-0.1, -0.05) is 46.8 Å². The third-order valence-electron chi connectivity index (χ3n) is 2.79. The fourth-order valence-electron chi connectivity index (χ4n) is 1.57. The molecule has 2 nitrogen and oxygen atoms in total. The van der Waals surface area contributed by atoms with Gasteiger partial charge in [0.1, 0.15) is 5.75 Å². The topological polar surface area (TPSA) is 26.3 Å². The third kappa shape index (κ3) is 4.52. The molecule has 0 fully saturated rings. The average Bonchev–Trinajstić information content (AvgIpc) is 2.27. The van der Waals surface area contributed by atoms with Crippen molar-refractivity contribution in [2.75, 3.05) is 6.61 Å². The lowest BCUT2D eigenvalue weighted by Gasteiger charge is -2.19. The number of hydrogen-bond acceptors (Lipinski definition) is 2. The van der Waals surface area contributed by atoms with Crippen LogP contribution in [0.3, 0.4) is 0 Å². The number of carbonyl (C=O) groups excluding carboxylic acids is 1. The molecule has 0 bridgehead atoms. The van der Waals surface area contributed by atoms with Crippen LogP contribution in [0, 0.1) is 11.3 Å². The van der Waals surface area contributed by atoms with Crippen LogP contribution in [0.15, 0.2) is 24.3 Å². The van der Waals surface area contributed by atoms with E-state index >= 15 is 0 Å². The molecule has 0 aliphatic rings. The molecule has 0 heterocycles. The van der Waals surface area contributed by atoms with Crippen LogP contribution in [0.4, 0.5) is 0 Å². The van der Waals surface area contributed by atoms with Crippen LogP contribution in [0.25, 0.3) is 0 Å². The van der Waals surface area contributed by atoms with Crippen LogP contribution in [0.5, 0.6) is 5.75 Å². The van der Waals surface area contributed by atoms with Crippen LogP contribution in [-0.2, 0) is 0 Å². The monoisotopic (exact) mass is 248 g/mol. The summed E-state index contributed by atoms with van der Waals surface area (Å²) in [7, 11) is 0. The molecule has 0 unspecified atom stereocenters. The summed E-state index contributed by atoms with van der Waals surface area (Å²) in [6.07, 6.45) is 0.969. The number of para-hydroxylation sites is 1. The number of hydrogen-bond donors (Lipinski definition) is 0. The van der Waals surface area contributed by atoms with Gasteiger partial charge in [0, 0.05) is 5.92 Å². The maximum absolute atomic E-state index is 12.0. The first-order chi connectivity index (χ1) is 8.31. The minimum atomic E-state index is -0.00244. The highest BCUT2D eigenvalue weighted by Gasteiger charge is 2.16. The molecule has 1 rings (SSSR count). The van der Waals surface area contributed by atoms with E-state index in [1.54, 1.807) is 0 Å². The van der Waals surface area contributed by atoms with Crippen molar-refractivity contribution in [3.8, 4) is 5.75 Å². The third-order valence-corrected chi connectivity index (χ3v) is 2.79. The molecule has 0 aliphatic heterocycles. The van der Waals surface area contributed by atoms with Gasteiger partial charge in [-0.3, -0.25) is 4.79 Å². The van der Waals surface area contributed by atoms with E-state index in [0.29, 0.717) is 17.9 Å². The van der Waals surface area contributed by atoms with Gasteiger partial charge in [0.15, 0.2) is 5.78 Å². The Morgan fingerprint density at radius 3 is 2.39 bits per heavy atom. The molecule has 0 atom stereocenters. The first-order valence-corrected chi connectivity index (χ1v) is 6.57. The SMILES string of the molecule is CC(C)C(=O)c1ccccc1OCCC(C)(C)C. The van der Waals surface area contributed by atoms with Gasteiger partial charge >= 0.3 is 0 Å². The minimum absolute atomic E-state index is 0.00244. The highest BCUT2D eigenvalue weighted by atomic mass is 16.5. The maximum atomic E-state index is 12.0. The van der Waals surface area contributed by atoms with Gasteiger partial charge in [0.2, 0.25) is 0 Å². The van der Waals surface area contributed by atoms with E-state index in [9.17, 15) is 4.79 Å². The van der Waals surface area contributed by atoms with Crippen molar-refractivity contribution in [2.24, 2.45) is 11.3 Å². The predicted molar refractivity (Wildman–Crippen MR) is 75.2 cm³/mol. The molecule has 18 heavy (non-hydrogen) atoms. The smallest absolute Gasteiger partial charge is 0.169 e. The quantitative estimate of drug-likeness (QED) is 0.724. The lowest BCUT2D eigenvalue weighted by molar-refractivity contribution is 0.0934. The summed E-state index contributed by atoms with van der Waals surface area (Å²) in [4.78, 5) is 12.0. The Hall–Kier alpha value is -1.31. The fraction of sp³-hybridized carbons (Fsp3) is 0.562. The van der Waals surface area contributed by atoms with Crippen LogP contribution in [0.1, 0.15) is 51.4 Å². The van der Waals surface area contributed by atoms with E-state index < -0.39 is 0 Å². The molecule has 100 valence electrons. The minimum Gasteiger partial charge on any atom is -0.493 e. The van der Waals surface area contributed by atoms with Crippen LogP contribution < -0.4 is 4.74 Å². The van der Waals surface area contributed by atoms with Crippen molar-refractivity contribution >= 4 is 5.78 Å². The predicted octanol–water partition coefficient (Wildman–Crippen LogP) is 4.34. The van der Waals surface area contributed by atoms with Crippen molar-refractivity contribution in [1.82, 2.24) is 0 Å². The molecule has 2 heteroatoms. The summed E-state index contributed by atoms with van der Waals surface area (Å²) in [5, 5.41) is 0. The summed E-state index contributed by atoms with van der Waals surface area (Å²) >= 11 is 0. The summed E-state index contributed by atoms with van der Waals surface area (Å²) in [6.45, 7) is 11.0. The molecule has 0 aliphatic carbocycles. The van der Waals surface area contributed by atoms with Gasteiger partial charge in [-0.25, -0.2) is 0 Å². The Bertz CT molecular complexity index is 400. The second-order valence-electron chi connectivity index (χ2n) is 6.17. The van der Waals surface area contributed by atoms with E-state index in [-0.39, 0.29) is 17.1 Å². The van der Waals surface area contributed by atoms with Gasteiger partial charge in [-0.2, -0.15) is 0 Å². The van der Waals surface area contributed by atoms with E-state index in [1.165, 1.54) is 0 Å². The van der Waals surface area contributed by atoms with Crippen molar-refractivity contribution in [3.63, 3.8) is 0 Å². The second-order valence-corrected chi connectivity index (χ2v) is 6.17. The Morgan fingerprint density at radius 2 is 1.83 bits per heavy atom. The first kappa shape index (κ1) is 14.7. The Balaban J connectivity index is 2.74. The van der Waals surface area contributed by atoms with Crippen LogP contribution in [-0.4, -0.2) is 12.4 Å². The molecule has 0 saturated carbocycles. The van der Waals surface area contributed by atoms with Crippen molar-refractivity contribution in [2.45, 2.75) is 41.0 Å². The largest absolute Gasteiger partial charge is 0.493 e. The second kappa shape index (κ2) is 6.03. The molecule has 1 aromatic carbocycles. The molecule has 0 N–H and O–H groups in total. The van der Waals surface area contributed by atoms with Crippen molar-refractivity contribution in [1.29, 1.82) is 0 Å². The number of carbonyl (C=O) groups is 1. The lowest BCUT2D eigenvalue weighted by Crippen LogP contribution is -2.14.